The molecule has 0 aliphatic carbocycles. The number of hydrogen-bond donors (Lipinski definition) is 0. The van der Waals surface area contributed by atoms with Crippen molar-refractivity contribution in [2.24, 2.45) is 0 Å². The summed E-state index contributed by atoms with van der Waals surface area (Å²) in [5.41, 5.74) is 0. The molecule has 0 unspecified atom stereocenters. The molecule has 0 saturated heterocycles. The molecule has 0 fully saturated rings. The van der Waals surface area contributed by atoms with Crippen LogP contribution in [0.3, 0.4) is 0 Å². The van der Waals surface area contributed by atoms with Gasteiger partial charge in [0.15, 0.2) is 6.29 Å². The van der Waals surface area contributed by atoms with Crippen LogP contribution < -0.4 is 0 Å². The van der Waals surface area contributed by atoms with Crippen LogP contribution in [0.5, 0.6) is 0 Å². The lowest BCUT2D eigenvalue weighted by Gasteiger charge is -2.18. The molecule has 0 saturated carbocycles. The van der Waals surface area contributed by atoms with Gasteiger partial charge in [-0.2, -0.15) is 11.8 Å². The second-order valence-corrected chi connectivity index (χ2v) is 4.15. The first kappa shape index (κ1) is 14.2. The molecule has 4 heteroatoms. The average molecular weight is 221 g/mol. The van der Waals surface area contributed by atoms with Gasteiger partial charge >= 0.3 is 0 Å². The molecular weight excluding hydrogens is 198 g/mol. The van der Waals surface area contributed by atoms with E-state index in [0.29, 0.717) is 0 Å². The highest BCUT2D eigenvalue weighted by Gasteiger charge is 2.05. The number of ether oxygens (including phenoxy) is 2. The Morgan fingerprint density at radius 2 is 1.71 bits per heavy atom. The largest absolute Gasteiger partial charge is 0.355 e. The van der Waals surface area contributed by atoms with Crippen molar-refractivity contribution >= 4 is 11.8 Å². The van der Waals surface area contributed by atoms with Crippen LogP contribution in [0.15, 0.2) is 0 Å². The van der Waals surface area contributed by atoms with E-state index >= 15 is 0 Å². The third-order valence-electron chi connectivity index (χ3n) is 2.23. The number of thioether (sulfide) groups is 1. The van der Waals surface area contributed by atoms with E-state index in [4.69, 9.17) is 9.47 Å². The van der Waals surface area contributed by atoms with Crippen LogP contribution in [-0.2, 0) is 9.47 Å². The van der Waals surface area contributed by atoms with Crippen molar-refractivity contribution in [2.75, 3.05) is 45.4 Å². The van der Waals surface area contributed by atoms with Gasteiger partial charge in [-0.3, -0.25) is 0 Å². The molecular formula is C10H23NO2S. The van der Waals surface area contributed by atoms with Gasteiger partial charge < -0.3 is 14.4 Å². The molecule has 0 bridgehead atoms. The second kappa shape index (κ2) is 9.77. The van der Waals surface area contributed by atoms with Crippen LogP contribution >= 0.6 is 11.8 Å². The van der Waals surface area contributed by atoms with E-state index in [1.54, 1.807) is 14.2 Å². The maximum absolute atomic E-state index is 5.10. The van der Waals surface area contributed by atoms with Crippen molar-refractivity contribution in [1.29, 1.82) is 0 Å². The average Bonchev–Trinajstić information content (AvgIpc) is 2.24. The van der Waals surface area contributed by atoms with Crippen molar-refractivity contribution in [3.63, 3.8) is 0 Å². The fourth-order valence-corrected chi connectivity index (χ4v) is 2.16. The normalized spacial score (nSPS) is 11.6. The minimum atomic E-state index is -0.0586. The van der Waals surface area contributed by atoms with Gasteiger partial charge in [-0.25, -0.2) is 0 Å². The van der Waals surface area contributed by atoms with Gasteiger partial charge in [-0.1, -0.05) is 13.8 Å². The number of nitrogens with zero attached hydrogens (tertiary/aromatic N) is 1. The van der Waals surface area contributed by atoms with E-state index in [2.05, 4.69) is 18.7 Å². The van der Waals surface area contributed by atoms with Gasteiger partial charge in [-0.05, 0) is 13.1 Å². The van der Waals surface area contributed by atoms with Crippen molar-refractivity contribution in [3.8, 4) is 0 Å². The highest BCUT2D eigenvalue weighted by atomic mass is 32.2. The van der Waals surface area contributed by atoms with E-state index in [1.165, 1.54) is 0 Å². The molecule has 0 aromatic carbocycles. The lowest BCUT2D eigenvalue weighted by Crippen LogP contribution is -2.26. The summed E-state index contributed by atoms with van der Waals surface area (Å²) >= 11 is 1.88. The summed E-state index contributed by atoms with van der Waals surface area (Å²) in [7, 11) is 3.36. The van der Waals surface area contributed by atoms with Gasteiger partial charge in [0.25, 0.3) is 0 Å². The Morgan fingerprint density at radius 1 is 1.14 bits per heavy atom. The third kappa shape index (κ3) is 6.65. The Labute approximate surface area is 92.1 Å². The lowest BCUT2D eigenvalue weighted by molar-refractivity contribution is -0.0842. The fraction of sp³-hybridized carbons (Fsp3) is 1.00. The van der Waals surface area contributed by atoms with Gasteiger partial charge in [-0.15, -0.1) is 0 Å². The topological polar surface area (TPSA) is 21.7 Å². The SMILES string of the molecule is CCN(CC)CCSCC(OC)OC. The van der Waals surface area contributed by atoms with Gasteiger partial charge in [0, 0.05) is 32.3 Å². The lowest BCUT2D eigenvalue weighted by atomic mass is 10.5. The smallest absolute Gasteiger partial charge is 0.165 e. The molecule has 0 atom stereocenters. The molecule has 0 N–H and O–H groups in total. The van der Waals surface area contributed by atoms with Crippen LogP contribution in [0.1, 0.15) is 13.8 Å². The maximum atomic E-state index is 5.10. The van der Waals surface area contributed by atoms with Gasteiger partial charge in [0.05, 0.1) is 0 Å². The first-order valence-corrected chi connectivity index (χ1v) is 6.29. The minimum Gasteiger partial charge on any atom is -0.355 e. The van der Waals surface area contributed by atoms with E-state index in [1.807, 2.05) is 11.8 Å². The highest BCUT2D eigenvalue weighted by molar-refractivity contribution is 7.99. The van der Waals surface area contributed by atoms with E-state index in [-0.39, 0.29) is 6.29 Å². The predicted octanol–water partition coefficient (Wildman–Crippen LogP) is 1.68. The molecule has 14 heavy (non-hydrogen) atoms. The Hall–Kier alpha value is 0.230. The minimum absolute atomic E-state index is 0.0586. The zero-order valence-corrected chi connectivity index (χ0v) is 10.6. The van der Waals surface area contributed by atoms with E-state index in [0.717, 1.165) is 31.1 Å². The molecule has 0 aliphatic rings. The highest BCUT2D eigenvalue weighted by Crippen LogP contribution is 2.06. The van der Waals surface area contributed by atoms with Crippen LogP contribution in [0.25, 0.3) is 0 Å². The van der Waals surface area contributed by atoms with Gasteiger partial charge in [0.2, 0.25) is 0 Å². The summed E-state index contributed by atoms with van der Waals surface area (Å²) in [6, 6.07) is 0. The van der Waals surface area contributed by atoms with Crippen molar-refractivity contribution in [2.45, 2.75) is 20.1 Å². The quantitative estimate of drug-likeness (QED) is 0.436. The van der Waals surface area contributed by atoms with Crippen LogP contribution in [0.2, 0.25) is 0 Å². The number of rotatable bonds is 9. The summed E-state index contributed by atoms with van der Waals surface area (Å²) in [5, 5.41) is 0. The molecule has 0 rings (SSSR count). The summed E-state index contributed by atoms with van der Waals surface area (Å²) in [5.74, 6) is 2.05. The van der Waals surface area contributed by atoms with Gasteiger partial charge in [0.1, 0.15) is 0 Å². The Morgan fingerprint density at radius 3 is 2.14 bits per heavy atom. The zero-order valence-electron chi connectivity index (χ0n) is 9.78. The van der Waals surface area contributed by atoms with Crippen LogP contribution in [0.4, 0.5) is 0 Å². The predicted molar refractivity (Wildman–Crippen MR) is 62.9 cm³/mol. The molecule has 0 spiro atoms. The first-order valence-electron chi connectivity index (χ1n) is 5.14. The second-order valence-electron chi connectivity index (χ2n) is 3.00. The molecule has 0 heterocycles. The molecule has 0 aromatic rings. The zero-order chi connectivity index (χ0) is 10.8. The third-order valence-corrected chi connectivity index (χ3v) is 3.21. The number of methoxy groups -OCH3 is 2. The van der Waals surface area contributed by atoms with E-state index in [9.17, 15) is 0 Å². The molecule has 0 amide bonds. The molecule has 0 radical (unpaired) electrons. The molecule has 0 aliphatic heterocycles. The molecule has 0 aromatic heterocycles. The maximum Gasteiger partial charge on any atom is 0.165 e. The monoisotopic (exact) mass is 221 g/mol. The number of hydrogen-bond acceptors (Lipinski definition) is 4. The van der Waals surface area contributed by atoms with Crippen LogP contribution in [0, 0.1) is 0 Å². The van der Waals surface area contributed by atoms with Crippen molar-refractivity contribution < 1.29 is 9.47 Å². The summed E-state index contributed by atoms with van der Waals surface area (Å²) in [4.78, 5) is 2.42. The van der Waals surface area contributed by atoms with Crippen molar-refractivity contribution in [1.82, 2.24) is 4.90 Å². The summed E-state index contributed by atoms with van der Waals surface area (Å²) in [6.07, 6.45) is -0.0586. The molecule has 86 valence electrons. The van der Waals surface area contributed by atoms with Crippen LogP contribution in [-0.4, -0.2) is 56.5 Å². The van der Waals surface area contributed by atoms with Crippen molar-refractivity contribution in [3.05, 3.63) is 0 Å². The Balaban J connectivity index is 3.35. The fourth-order valence-electron chi connectivity index (χ4n) is 1.15. The van der Waals surface area contributed by atoms with E-state index < -0.39 is 0 Å². The Kier molecular flexibility index (Phi) is 9.93. The Bertz CT molecular complexity index is 103. The summed E-state index contributed by atoms with van der Waals surface area (Å²) < 4.78 is 10.2. The first-order chi connectivity index (χ1) is 6.78. The molecule has 3 nitrogen and oxygen atoms in total. The standard InChI is InChI=1S/C10H23NO2S/c1-5-11(6-2)7-8-14-9-10(12-3)13-4/h10H,5-9H2,1-4H3. The summed E-state index contributed by atoms with van der Waals surface area (Å²) in [6.45, 7) is 7.81.